The van der Waals surface area contributed by atoms with Crippen LogP contribution >= 0.6 is 11.3 Å². The molecule has 1 aliphatic heterocycles. The first-order chi connectivity index (χ1) is 7.25. The minimum Gasteiger partial charge on any atom is -0.300 e. The van der Waals surface area contributed by atoms with Gasteiger partial charge >= 0.3 is 0 Å². The molecule has 82 valence electrons. The first-order valence-electron chi connectivity index (χ1n) is 5.36. The van der Waals surface area contributed by atoms with Crippen LogP contribution in [0.2, 0.25) is 0 Å². The predicted molar refractivity (Wildman–Crippen MR) is 60.8 cm³/mol. The van der Waals surface area contributed by atoms with Crippen LogP contribution < -0.4 is 0 Å². The maximum absolute atomic E-state index is 11.1. The van der Waals surface area contributed by atoms with E-state index in [2.05, 4.69) is 9.88 Å². The molecule has 1 aromatic heterocycles. The lowest BCUT2D eigenvalue weighted by atomic mass is 10.1. The first kappa shape index (κ1) is 10.8. The van der Waals surface area contributed by atoms with Crippen molar-refractivity contribution in [3.05, 3.63) is 16.6 Å². The van der Waals surface area contributed by atoms with Crippen LogP contribution in [0.25, 0.3) is 0 Å². The van der Waals surface area contributed by atoms with Crippen molar-refractivity contribution in [2.75, 3.05) is 6.54 Å². The van der Waals surface area contributed by atoms with Gasteiger partial charge in [0.05, 0.1) is 5.51 Å². The average molecular weight is 224 g/mol. The molecule has 0 radical (unpaired) electrons. The van der Waals surface area contributed by atoms with Gasteiger partial charge in [-0.05, 0) is 26.3 Å². The second-order valence-corrected chi connectivity index (χ2v) is 5.11. The number of Topliss-reactive ketones (excluding diaryl/α,β-unsaturated/α-hetero) is 1. The van der Waals surface area contributed by atoms with E-state index in [0.29, 0.717) is 18.2 Å². The van der Waals surface area contributed by atoms with Gasteiger partial charge in [0.2, 0.25) is 0 Å². The Morgan fingerprint density at radius 1 is 1.73 bits per heavy atom. The molecular weight excluding hydrogens is 208 g/mol. The van der Waals surface area contributed by atoms with Crippen molar-refractivity contribution < 1.29 is 4.79 Å². The van der Waals surface area contributed by atoms with Crippen molar-refractivity contribution in [3.8, 4) is 0 Å². The highest BCUT2D eigenvalue weighted by Gasteiger charge is 2.25. The lowest BCUT2D eigenvalue weighted by Crippen LogP contribution is -2.30. The van der Waals surface area contributed by atoms with Crippen LogP contribution in [0.1, 0.15) is 31.1 Å². The molecule has 0 aliphatic carbocycles. The summed E-state index contributed by atoms with van der Waals surface area (Å²) in [6.45, 7) is 3.77. The number of ketones is 1. The molecule has 4 heteroatoms. The number of carbonyl (C=O) groups is 1. The Morgan fingerprint density at radius 3 is 3.27 bits per heavy atom. The molecule has 0 spiro atoms. The van der Waals surface area contributed by atoms with Crippen LogP contribution in [0.15, 0.2) is 11.7 Å². The van der Waals surface area contributed by atoms with E-state index < -0.39 is 0 Å². The van der Waals surface area contributed by atoms with Crippen molar-refractivity contribution in [1.82, 2.24) is 9.88 Å². The molecule has 0 N–H and O–H groups in total. The van der Waals surface area contributed by atoms with Crippen molar-refractivity contribution in [2.45, 2.75) is 38.8 Å². The normalized spacial score (nSPS) is 22.1. The minimum absolute atomic E-state index is 0.302. The summed E-state index contributed by atoms with van der Waals surface area (Å²) in [4.78, 5) is 18.9. The molecule has 15 heavy (non-hydrogen) atoms. The van der Waals surface area contributed by atoms with Gasteiger partial charge in [-0.25, -0.2) is 0 Å². The molecule has 0 aromatic carbocycles. The van der Waals surface area contributed by atoms with E-state index in [1.807, 2.05) is 11.7 Å². The number of likely N-dealkylation sites (tertiary alicyclic amines) is 1. The number of rotatable bonds is 4. The summed E-state index contributed by atoms with van der Waals surface area (Å²) in [6.07, 6.45) is 5.02. The number of aromatic nitrogens is 1. The summed E-state index contributed by atoms with van der Waals surface area (Å²) >= 11 is 1.69. The van der Waals surface area contributed by atoms with Crippen molar-refractivity contribution in [2.24, 2.45) is 0 Å². The van der Waals surface area contributed by atoms with Gasteiger partial charge in [-0.2, -0.15) is 0 Å². The van der Waals surface area contributed by atoms with Crippen LogP contribution in [0, 0.1) is 0 Å². The van der Waals surface area contributed by atoms with Gasteiger partial charge < -0.3 is 0 Å². The second kappa shape index (κ2) is 4.86. The Hall–Kier alpha value is -0.740. The standard InChI is InChI=1S/C11H16N2OS/c1-9(14)5-10-3-2-4-13(10)7-11-6-12-8-15-11/h6,8,10H,2-5,7H2,1H3. The van der Waals surface area contributed by atoms with E-state index in [-0.39, 0.29) is 0 Å². The molecule has 0 saturated carbocycles. The van der Waals surface area contributed by atoms with E-state index in [9.17, 15) is 4.79 Å². The molecule has 1 atom stereocenters. The highest BCUT2D eigenvalue weighted by atomic mass is 32.1. The third-order valence-electron chi connectivity index (χ3n) is 2.86. The molecule has 2 rings (SSSR count). The van der Waals surface area contributed by atoms with Gasteiger partial charge in [-0.15, -0.1) is 11.3 Å². The van der Waals surface area contributed by atoms with E-state index >= 15 is 0 Å². The quantitative estimate of drug-likeness (QED) is 0.785. The monoisotopic (exact) mass is 224 g/mol. The average Bonchev–Trinajstić information content (AvgIpc) is 2.78. The SMILES string of the molecule is CC(=O)CC1CCCN1Cc1cncs1. The third-order valence-corrected chi connectivity index (χ3v) is 3.63. The van der Waals surface area contributed by atoms with E-state index in [1.165, 1.54) is 17.7 Å². The van der Waals surface area contributed by atoms with E-state index in [0.717, 1.165) is 13.1 Å². The highest BCUT2D eigenvalue weighted by Crippen LogP contribution is 2.23. The zero-order valence-electron chi connectivity index (χ0n) is 8.98. The summed E-state index contributed by atoms with van der Waals surface area (Å²) in [5.41, 5.74) is 1.87. The van der Waals surface area contributed by atoms with Gasteiger partial charge in [0.15, 0.2) is 0 Å². The van der Waals surface area contributed by atoms with Crippen molar-refractivity contribution in [1.29, 1.82) is 0 Å². The summed E-state index contributed by atoms with van der Waals surface area (Å²) in [5, 5.41) is 0. The Bertz CT molecular complexity index is 323. The van der Waals surface area contributed by atoms with Gasteiger partial charge in [-0.1, -0.05) is 0 Å². The van der Waals surface area contributed by atoms with Gasteiger partial charge in [0.1, 0.15) is 5.78 Å². The maximum atomic E-state index is 11.1. The molecule has 3 nitrogen and oxygen atoms in total. The summed E-state index contributed by atoms with van der Waals surface area (Å²) < 4.78 is 0. The molecule has 1 aromatic rings. The van der Waals surface area contributed by atoms with Gasteiger partial charge in [0.25, 0.3) is 0 Å². The molecule has 0 bridgehead atoms. The zero-order chi connectivity index (χ0) is 10.7. The lowest BCUT2D eigenvalue weighted by molar-refractivity contribution is -0.118. The number of thiazole rings is 1. The summed E-state index contributed by atoms with van der Waals surface area (Å²) in [7, 11) is 0. The first-order valence-corrected chi connectivity index (χ1v) is 6.24. The Balaban J connectivity index is 1.93. The topological polar surface area (TPSA) is 33.2 Å². The maximum Gasteiger partial charge on any atom is 0.131 e. The summed E-state index contributed by atoms with van der Waals surface area (Å²) in [6, 6.07) is 0.463. The molecule has 1 fully saturated rings. The van der Waals surface area contributed by atoms with Crippen LogP contribution in [0.5, 0.6) is 0 Å². The largest absolute Gasteiger partial charge is 0.300 e. The fourth-order valence-corrected chi connectivity index (χ4v) is 2.81. The van der Waals surface area contributed by atoms with Gasteiger partial charge in [0, 0.05) is 30.1 Å². The Labute approximate surface area is 94.1 Å². The van der Waals surface area contributed by atoms with Crippen molar-refractivity contribution in [3.63, 3.8) is 0 Å². The smallest absolute Gasteiger partial charge is 0.131 e. The van der Waals surface area contributed by atoms with E-state index in [4.69, 9.17) is 0 Å². The fourth-order valence-electron chi connectivity index (χ4n) is 2.19. The second-order valence-electron chi connectivity index (χ2n) is 4.14. The third kappa shape index (κ3) is 2.86. The fraction of sp³-hybridized carbons (Fsp3) is 0.636. The molecule has 0 amide bonds. The predicted octanol–water partition coefficient (Wildman–Crippen LogP) is 2.09. The lowest BCUT2D eigenvalue weighted by Gasteiger charge is -2.22. The van der Waals surface area contributed by atoms with Crippen LogP contribution in [-0.4, -0.2) is 28.3 Å². The summed E-state index contributed by atoms with van der Waals surface area (Å²) in [5.74, 6) is 0.302. The van der Waals surface area contributed by atoms with Crippen LogP contribution in [0.3, 0.4) is 0 Å². The number of carbonyl (C=O) groups excluding carboxylic acids is 1. The Morgan fingerprint density at radius 2 is 2.60 bits per heavy atom. The molecule has 1 aliphatic rings. The molecular formula is C11H16N2OS. The van der Waals surface area contributed by atoms with Crippen molar-refractivity contribution >= 4 is 17.1 Å². The zero-order valence-corrected chi connectivity index (χ0v) is 9.80. The number of hydrogen-bond acceptors (Lipinski definition) is 4. The van der Waals surface area contributed by atoms with E-state index in [1.54, 1.807) is 18.3 Å². The highest BCUT2D eigenvalue weighted by molar-refractivity contribution is 7.09. The number of nitrogens with zero attached hydrogens (tertiary/aromatic N) is 2. The molecule has 2 heterocycles. The number of hydrogen-bond donors (Lipinski definition) is 0. The Kier molecular flexibility index (Phi) is 3.49. The minimum atomic E-state index is 0.302. The van der Waals surface area contributed by atoms with Crippen LogP contribution in [-0.2, 0) is 11.3 Å². The van der Waals surface area contributed by atoms with Crippen LogP contribution in [0.4, 0.5) is 0 Å². The molecule has 1 saturated heterocycles. The molecule has 1 unspecified atom stereocenters. The van der Waals surface area contributed by atoms with Gasteiger partial charge in [-0.3, -0.25) is 14.7 Å².